The first-order valence-corrected chi connectivity index (χ1v) is 10.6. The summed E-state index contributed by atoms with van der Waals surface area (Å²) in [7, 11) is 0. The standard InChI is InChI=1S/C23H32N2O2/c1-16(2)12-17-4-3-5-19(13-17)18-7-10-25(11-8-18)22(27)20-14-23(15-20)9-6-21(26)24-23/h3-5,13,16,18,20H,6-12,14-15H2,1-2H3,(H,24,26)/t20-,23+. The highest BCUT2D eigenvalue weighted by molar-refractivity contribution is 5.83. The van der Waals surface area contributed by atoms with Crippen molar-refractivity contribution in [1.82, 2.24) is 10.2 Å². The van der Waals surface area contributed by atoms with Gasteiger partial charge in [-0.05, 0) is 61.5 Å². The van der Waals surface area contributed by atoms with Crippen LogP contribution in [0.25, 0.3) is 0 Å². The molecule has 4 heteroatoms. The fourth-order valence-corrected chi connectivity index (χ4v) is 5.27. The molecule has 0 atom stereocenters. The number of rotatable bonds is 4. The summed E-state index contributed by atoms with van der Waals surface area (Å²) >= 11 is 0. The molecule has 2 heterocycles. The molecule has 4 rings (SSSR count). The first-order chi connectivity index (χ1) is 12.9. The minimum absolute atomic E-state index is 0.0490. The maximum atomic E-state index is 12.8. The highest BCUT2D eigenvalue weighted by Gasteiger charge is 2.51. The van der Waals surface area contributed by atoms with Gasteiger partial charge in [-0.15, -0.1) is 0 Å². The van der Waals surface area contributed by atoms with Crippen LogP contribution >= 0.6 is 0 Å². The lowest BCUT2D eigenvalue weighted by atomic mass is 9.67. The average Bonchev–Trinajstić information content (AvgIpc) is 3.02. The van der Waals surface area contributed by atoms with Crippen molar-refractivity contribution in [2.24, 2.45) is 11.8 Å². The smallest absolute Gasteiger partial charge is 0.225 e. The Balaban J connectivity index is 1.29. The van der Waals surface area contributed by atoms with Crippen LogP contribution in [-0.2, 0) is 16.0 Å². The van der Waals surface area contributed by atoms with Crippen molar-refractivity contribution in [3.05, 3.63) is 35.4 Å². The van der Waals surface area contributed by atoms with Crippen molar-refractivity contribution >= 4 is 11.8 Å². The minimum Gasteiger partial charge on any atom is -0.351 e. The highest BCUT2D eigenvalue weighted by atomic mass is 16.2. The van der Waals surface area contributed by atoms with E-state index in [1.165, 1.54) is 11.1 Å². The van der Waals surface area contributed by atoms with E-state index in [-0.39, 0.29) is 17.4 Å². The van der Waals surface area contributed by atoms with E-state index in [2.05, 4.69) is 48.3 Å². The van der Waals surface area contributed by atoms with Gasteiger partial charge in [0.15, 0.2) is 0 Å². The largest absolute Gasteiger partial charge is 0.351 e. The van der Waals surface area contributed by atoms with Gasteiger partial charge in [0.25, 0.3) is 0 Å². The Hall–Kier alpha value is -1.84. The molecule has 0 unspecified atom stereocenters. The number of amides is 2. The van der Waals surface area contributed by atoms with Gasteiger partial charge in [-0.3, -0.25) is 9.59 Å². The Labute approximate surface area is 162 Å². The third-order valence-corrected chi connectivity index (χ3v) is 6.73. The second kappa shape index (κ2) is 7.29. The van der Waals surface area contributed by atoms with Crippen LogP contribution in [0.3, 0.4) is 0 Å². The average molecular weight is 369 g/mol. The maximum Gasteiger partial charge on any atom is 0.225 e. The molecule has 3 fully saturated rings. The van der Waals surface area contributed by atoms with Crippen LogP contribution in [0.15, 0.2) is 24.3 Å². The second-order valence-electron chi connectivity index (χ2n) is 9.38. The first kappa shape index (κ1) is 18.5. The summed E-state index contributed by atoms with van der Waals surface area (Å²) in [5, 5.41) is 3.09. The van der Waals surface area contributed by atoms with Crippen molar-refractivity contribution in [2.45, 2.75) is 70.3 Å². The number of hydrogen-bond donors (Lipinski definition) is 1. The lowest BCUT2D eigenvalue weighted by Gasteiger charge is -2.46. The first-order valence-electron chi connectivity index (χ1n) is 10.6. The summed E-state index contributed by atoms with van der Waals surface area (Å²) in [6.07, 6.45) is 6.47. The summed E-state index contributed by atoms with van der Waals surface area (Å²) in [6, 6.07) is 9.05. The molecule has 0 aromatic heterocycles. The van der Waals surface area contributed by atoms with E-state index >= 15 is 0 Å². The van der Waals surface area contributed by atoms with Crippen LogP contribution in [0.1, 0.15) is 69.4 Å². The predicted octanol–water partition coefficient (Wildman–Crippen LogP) is 3.65. The van der Waals surface area contributed by atoms with Crippen LogP contribution in [0.2, 0.25) is 0 Å². The molecule has 0 radical (unpaired) electrons. The Morgan fingerprint density at radius 1 is 1.26 bits per heavy atom. The third-order valence-electron chi connectivity index (χ3n) is 6.73. The Morgan fingerprint density at radius 2 is 2.00 bits per heavy atom. The quantitative estimate of drug-likeness (QED) is 0.882. The van der Waals surface area contributed by atoms with Crippen LogP contribution in [0, 0.1) is 11.8 Å². The number of benzene rings is 1. The Morgan fingerprint density at radius 3 is 2.63 bits per heavy atom. The molecule has 2 aliphatic heterocycles. The molecule has 4 nitrogen and oxygen atoms in total. The molecule has 2 saturated heterocycles. The van der Waals surface area contributed by atoms with Crippen molar-refractivity contribution in [3.8, 4) is 0 Å². The van der Waals surface area contributed by atoms with E-state index in [0.717, 1.165) is 51.6 Å². The molecule has 1 saturated carbocycles. The van der Waals surface area contributed by atoms with Gasteiger partial charge in [-0.2, -0.15) is 0 Å². The van der Waals surface area contributed by atoms with Crippen molar-refractivity contribution in [2.75, 3.05) is 13.1 Å². The zero-order valence-electron chi connectivity index (χ0n) is 16.7. The molecule has 1 spiro atoms. The van der Waals surface area contributed by atoms with E-state index in [0.29, 0.717) is 24.2 Å². The molecule has 27 heavy (non-hydrogen) atoms. The van der Waals surface area contributed by atoms with E-state index in [4.69, 9.17) is 0 Å². The van der Waals surface area contributed by atoms with Gasteiger partial charge < -0.3 is 10.2 Å². The molecule has 1 aromatic rings. The lowest BCUT2D eigenvalue weighted by Crippen LogP contribution is -2.57. The summed E-state index contributed by atoms with van der Waals surface area (Å²) in [4.78, 5) is 26.4. The van der Waals surface area contributed by atoms with Crippen LogP contribution in [0.4, 0.5) is 0 Å². The number of nitrogens with zero attached hydrogens (tertiary/aromatic N) is 1. The van der Waals surface area contributed by atoms with Crippen molar-refractivity contribution in [1.29, 1.82) is 0 Å². The van der Waals surface area contributed by atoms with Gasteiger partial charge in [0.1, 0.15) is 0 Å². The van der Waals surface area contributed by atoms with Gasteiger partial charge in [0, 0.05) is 31.0 Å². The summed E-state index contributed by atoms with van der Waals surface area (Å²) < 4.78 is 0. The van der Waals surface area contributed by atoms with Crippen LogP contribution in [0.5, 0.6) is 0 Å². The summed E-state index contributed by atoms with van der Waals surface area (Å²) in [5.41, 5.74) is 2.82. The fraction of sp³-hybridized carbons (Fsp3) is 0.652. The van der Waals surface area contributed by atoms with Gasteiger partial charge in [0.2, 0.25) is 11.8 Å². The SMILES string of the molecule is CC(C)Cc1cccc(C2CCN(C(=O)[C@H]3C[C@]4(CCC(=O)N4)C3)CC2)c1. The van der Waals surface area contributed by atoms with E-state index in [1.54, 1.807) is 0 Å². The Kier molecular flexibility index (Phi) is 5.00. The summed E-state index contributed by atoms with van der Waals surface area (Å²) in [6.45, 7) is 6.26. The van der Waals surface area contributed by atoms with Gasteiger partial charge in [0.05, 0.1) is 0 Å². The monoisotopic (exact) mass is 368 g/mol. The lowest BCUT2D eigenvalue weighted by molar-refractivity contribution is -0.142. The fourth-order valence-electron chi connectivity index (χ4n) is 5.27. The molecular weight excluding hydrogens is 336 g/mol. The third kappa shape index (κ3) is 3.90. The zero-order valence-corrected chi connectivity index (χ0v) is 16.7. The highest BCUT2D eigenvalue weighted by Crippen LogP contribution is 2.45. The predicted molar refractivity (Wildman–Crippen MR) is 106 cm³/mol. The van der Waals surface area contributed by atoms with Gasteiger partial charge in [-0.1, -0.05) is 38.1 Å². The molecule has 1 N–H and O–H groups in total. The molecule has 3 aliphatic rings. The summed E-state index contributed by atoms with van der Waals surface area (Å²) in [5.74, 6) is 1.84. The number of hydrogen-bond acceptors (Lipinski definition) is 2. The molecule has 1 aliphatic carbocycles. The van der Waals surface area contributed by atoms with Crippen molar-refractivity contribution < 1.29 is 9.59 Å². The normalized spacial score (nSPS) is 28.5. The second-order valence-corrected chi connectivity index (χ2v) is 9.38. The number of nitrogens with one attached hydrogen (secondary N) is 1. The topological polar surface area (TPSA) is 49.4 Å². The van der Waals surface area contributed by atoms with Gasteiger partial charge >= 0.3 is 0 Å². The van der Waals surface area contributed by atoms with Crippen LogP contribution in [-0.4, -0.2) is 35.3 Å². The molecule has 2 amide bonds. The number of piperidine rings is 1. The minimum atomic E-state index is -0.0490. The Bertz CT molecular complexity index is 713. The maximum absolute atomic E-state index is 12.8. The zero-order chi connectivity index (χ0) is 19.0. The van der Waals surface area contributed by atoms with Crippen LogP contribution < -0.4 is 5.32 Å². The van der Waals surface area contributed by atoms with Gasteiger partial charge in [-0.25, -0.2) is 0 Å². The number of carbonyl (C=O) groups excluding carboxylic acids is 2. The molecule has 146 valence electrons. The molecule has 0 bridgehead atoms. The number of likely N-dealkylation sites (tertiary alicyclic amines) is 1. The molecular formula is C23H32N2O2. The van der Waals surface area contributed by atoms with E-state index < -0.39 is 0 Å². The van der Waals surface area contributed by atoms with E-state index in [9.17, 15) is 9.59 Å². The van der Waals surface area contributed by atoms with Crippen molar-refractivity contribution in [3.63, 3.8) is 0 Å². The van der Waals surface area contributed by atoms with E-state index in [1.807, 2.05) is 0 Å². The number of carbonyl (C=O) groups is 2. The molecule has 1 aromatic carbocycles.